The highest BCUT2D eigenvalue weighted by Gasteiger charge is 2.28. The highest BCUT2D eigenvalue weighted by molar-refractivity contribution is 4.86. The highest BCUT2D eigenvalue weighted by atomic mass is 16.3. The summed E-state index contributed by atoms with van der Waals surface area (Å²) in [7, 11) is 0. The fraction of sp³-hybridized carbons (Fsp3) is 1.00. The Labute approximate surface area is 56.3 Å². The molecule has 2 N–H and O–H groups in total. The Balaban J connectivity index is 2.41. The predicted octanol–water partition coefficient (Wildman–Crippen LogP) is 0.365. The number of aliphatic hydroxyl groups excluding tert-OH is 1. The van der Waals surface area contributed by atoms with E-state index in [1.165, 1.54) is 0 Å². The monoisotopic (exact) mass is 129 g/mol. The molecule has 1 fully saturated rings. The topological polar surface area (TPSA) is 32.3 Å². The molecule has 0 bridgehead atoms. The van der Waals surface area contributed by atoms with Crippen LogP contribution in [-0.4, -0.2) is 23.8 Å². The van der Waals surface area contributed by atoms with Crippen LogP contribution >= 0.6 is 0 Å². The second-order valence-corrected chi connectivity index (χ2v) is 2.85. The van der Waals surface area contributed by atoms with Crippen molar-refractivity contribution in [3.05, 3.63) is 0 Å². The molecule has 0 saturated carbocycles. The van der Waals surface area contributed by atoms with E-state index in [-0.39, 0.29) is 6.10 Å². The molecule has 1 aliphatic heterocycles. The Morgan fingerprint density at radius 1 is 1.67 bits per heavy atom. The van der Waals surface area contributed by atoms with Crippen LogP contribution in [0.3, 0.4) is 0 Å². The lowest BCUT2D eigenvalue weighted by Gasteiger charge is -2.13. The molecule has 1 saturated heterocycles. The Bertz CT molecular complexity index is 94.9. The maximum Gasteiger partial charge on any atom is 0.0705 e. The van der Waals surface area contributed by atoms with Gasteiger partial charge in [-0.05, 0) is 12.3 Å². The first kappa shape index (κ1) is 7.03. The van der Waals surface area contributed by atoms with Gasteiger partial charge in [-0.2, -0.15) is 0 Å². The third-order valence-corrected chi connectivity index (χ3v) is 2.27. The minimum absolute atomic E-state index is 0.116. The standard InChI is InChI=1S/C7H15NO/c1-3-6-5(2)7(9)4-8-6/h5-9H,3-4H2,1-2H3. The molecule has 0 aromatic carbocycles. The Hall–Kier alpha value is -0.0800. The molecule has 0 aromatic rings. The summed E-state index contributed by atoms with van der Waals surface area (Å²) >= 11 is 0. The van der Waals surface area contributed by atoms with Crippen molar-refractivity contribution in [3.63, 3.8) is 0 Å². The molecular formula is C7H15NO. The first-order valence-electron chi connectivity index (χ1n) is 3.67. The van der Waals surface area contributed by atoms with E-state index in [4.69, 9.17) is 0 Å². The van der Waals surface area contributed by atoms with E-state index < -0.39 is 0 Å². The van der Waals surface area contributed by atoms with Crippen LogP contribution in [0.2, 0.25) is 0 Å². The van der Waals surface area contributed by atoms with E-state index >= 15 is 0 Å². The third kappa shape index (κ3) is 1.25. The maximum atomic E-state index is 9.24. The summed E-state index contributed by atoms with van der Waals surface area (Å²) in [5.41, 5.74) is 0. The lowest BCUT2D eigenvalue weighted by Crippen LogP contribution is -2.24. The van der Waals surface area contributed by atoms with E-state index in [9.17, 15) is 5.11 Å². The molecule has 0 aromatic heterocycles. The number of hydrogen-bond donors (Lipinski definition) is 2. The molecule has 2 nitrogen and oxygen atoms in total. The summed E-state index contributed by atoms with van der Waals surface area (Å²) in [5.74, 6) is 0.440. The fourth-order valence-electron chi connectivity index (χ4n) is 1.43. The normalized spacial score (nSPS) is 43.7. The number of β-amino-alcohol motifs (C(OH)–C–C–N with tert-alkyl or cyclic N) is 1. The van der Waals surface area contributed by atoms with Crippen LogP contribution in [0.15, 0.2) is 0 Å². The van der Waals surface area contributed by atoms with E-state index in [0.29, 0.717) is 12.0 Å². The van der Waals surface area contributed by atoms with Gasteiger partial charge < -0.3 is 10.4 Å². The molecule has 3 atom stereocenters. The van der Waals surface area contributed by atoms with Gasteiger partial charge in [0.05, 0.1) is 6.10 Å². The van der Waals surface area contributed by atoms with Crippen molar-refractivity contribution in [1.29, 1.82) is 0 Å². The van der Waals surface area contributed by atoms with Gasteiger partial charge in [-0.1, -0.05) is 13.8 Å². The SMILES string of the molecule is CCC1NCC(O)C1C. The van der Waals surface area contributed by atoms with E-state index in [1.807, 2.05) is 0 Å². The molecular weight excluding hydrogens is 114 g/mol. The average Bonchev–Trinajstić information content (AvgIpc) is 2.15. The summed E-state index contributed by atoms with van der Waals surface area (Å²) in [6.45, 7) is 5.02. The molecule has 0 amide bonds. The molecule has 9 heavy (non-hydrogen) atoms. The third-order valence-electron chi connectivity index (χ3n) is 2.27. The lowest BCUT2D eigenvalue weighted by molar-refractivity contribution is 0.147. The minimum Gasteiger partial charge on any atom is -0.391 e. The second kappa shape index (κ2) is 2.67. The molecule has 3 unspecified atom stereocenters. The molecule has 54 valence electrons. The van der Waals surface area contributed by atoms with Crippen molar-refractivity contribution in [2.45, 2.75) is 32.4 Å². The van der Waals surface area contributed by atoms with Crippen molar-refractivity contribution in [2.75, 3.05) is 6.54 Å². The molecule has 0 aliphatic carbocycles. The van der Waals surface area contributed by atoms with Crippen LogP contribution in [0.25, 0.3) is 0 Å². The molecule has 0 radical (unpaired) electrons. The second-order valence-electron chi connectivity index (χ2n) is 2.85. The number of rotatable bonds is 1. The summed E-state index contributed by atoms with van der Waals surface area (Å²) in [4.78, 5) is 0. The van der Waals surface area contributed by atoms with Crippen molar-refractivity contribution in [2.24, 2.45) is 5.92 Å². The van der Waals surface area contributed by atoms with Crippen LogP contribution in [-0.2, 0) is 0 Å². The zero-order valence-electron chi connectivity index (χ0n) is 6.09. The summed E-state index contributed by atoms with van der Waals surface area (Å²) in [6, 6.07) is 0.542. The maximum absolute atomic E-state index is 9.24. The Morgan fingerprint density at radius 3 is 2.56 bits per heavy atom. The summed E-state index contributed by atoms with van der Waals surface area (Å²) in [5, 5.41) is 12.5. The smallest absolute Gasteiger partial charge is 0.0705 e. The number of nitrogens with one attached hydrogen (secondary N) is 1. The van der Waals surface area contributed by atoms with E-state index in [0.717, 1.165) is 13.0 Å². The van der Waals surface area contributed by atoms with Crippen molar-refractivity contribution in [3.8, 4) is 0 Å². The van der Waals surface area contributed by atoms with Crippen LogP contribution in [0, 0.1) is 5.92 Å². The zero-order valence-corrected chi connectivity index (χ0v) is 6.09. The van der Waals surface area contributed by atoms with Crippen molar-refractivity contribution < 1.29 is 5.11 Å². The van der Waals surface area contributed by atoms with Crippen molar-refractivity contribution >= 4 is 0 Å². The van der Waals surface area contributed by atoms with Gasteiger partial charge in [0.2, 0.25) is 0 Å². The van der Waals surface area contributed by atoms with Gasteiger partial charge in [0.1, 0.15) is 0 Å². The van der Waals surface area contributed by atoms with Gasteiger partial charge in [-0.3, -0.25) is 0 Å². The highest BCUT2D eigenvalue weighted by Crippen LogP contribution is 2.16. The molecule has 1 heterocycles. The summed E-state index contributed by atoms with van der Waals surface area (Å²) in [6.07, 6.45) is 1.01. The van der Waals surface area contributed by atoms with Crippen LogP contribution in [0.4, 0.5) is 0 Å². The largest absolute Gasteiger partial charge is 0.391 e. The Kier molecular flexibility index (Phi) is 2.09. The summed E-state index contributed by atoms with van der Waals surface area (Å²) < 4.78 is 0. The molecule has 1 rings (SSSR count). The minimum atomic E-state index is -0.116. The van der Waals surface area contributed by atoms with Crippen LogP contribution < -0.4 is 5.32 Å². The molecule has 2 heteroatoms. The van der Waals surface area contributed by atoms with Gasteiger partial charge >= 0.3 is 0 Å². The van der Waals surface area contributed by atoms with Crippen LogP contribution in [0.5, 0.6) is 0 Å². The number of aliphatic hydroxyl groups is 1. The predicted molar refractivity (Wildman–Crippen MR) is 37.3 cm³/mol. The van der Waals surface area contributed by atoms with Gasteiger partial charge in [0.25, 0.3) is 0 Å². The molecule has 1 aliphatic rings. The van der Waals surface area contributed by atoms with Crippen molar-refractivity contribution in [1.82, 2.24) is 5.32 Å². The van der Waals surface area contributed by atoms with Gasteiger partial charge in [-0.25, -0.2) is 0 Å². The van der Waals surface area contributed by atoms with Crippen LogP contribution in [0.1, 0.15) is 20.3 Å². The fourth-order valence-corrected chi connectivity index (χ4v) is 1.43. The first-order valence-corrected chi connectivity index (χ1v) is 3.67. The van der Waals surface area contributed by atoms with E-state index in [1.54, 1.807) is 0 Å². The van der Waals surface area contributed by atoms with E-state index in [2.05, 4.69) is 19.2 Å². The first-order chi connectivity index (χ1) is 4.25. The number of hydrogen-bond acceptors (Lipinski definition) is 2. The quantitative estimate of drug-likeness (QED) is 0.536. The average molecular weight is 129 g/mol. The zero-order chi connectivity index (χ0) is 6.85. The lowest BCUT2D eigenvalue weighted by atomic mass is 9.99. The Morgan fingerprint density at radius 2 is 2.33 bits per heavy atom. The van der Waals surface area contributed by atoms with Gasteiger partial charge in [-0.15, -0.1) is 0 Å². The van der Waals surface area contributed by atoms with Gasteiger partial charge in [0, 0.05) is 12.6 Å². The van der Waals surface area contributed by atoms with Gasteiger partial charge in [0.15, 0.2) is 0 Å². The molecule has 0 spiro atoms.